The molecule has 2 amide bonds. The first kappa shape index (κ1) is 31.8. The lowest BCUT2D eigenvalue weighted by Gasteiger charge is -2.14. The van der Waals surface area contributed by atoms with E-state index in [1.54, 1.807) is 30.3 Å². The van der Waals surface area contributed by atoms with Gasteiger partial charge in [-0.2, -0.15) is 5.10 Å². The number of ether oxygens (including phenoxy) is 3. The number of hydrogen-bond acceptors (Lipinski definition) is 6. The standard InChI is InChI=1S/C33H31Br2N3O5/c1-4-41-30-16-24(11-13-29(30)42-19-23-8-6-5-7-9-23)33(40)38-36-18-25-15-26(34)17-27(35)32(25)43-20-31(39)37-28-12-10-21(2)14-22(28)3/h5-18H,4,19-20H2,1-3H3,(H,37,39)(H,38,40)/b36-18+. The Morgan fingerprint density at radius 3 is 2.42 bits per heavy atom. The van der Waals surface area contributed by atoms with Crippen LogP contribution in [0.15, 0.2) is 92.9 Å². The third-order valence-electron chi connectivity index (χ3n) is 6.15. The zero-order chi connectivity index (χ0) is 30.8. The first-order valence-electron chi connectivity index (χ1n) is 13.5. The number of nitrogens with zero attached hydrogens (tertiary/aromatic N) is 1. The summed E-state index contributed by atoms with van der Waals surface area (Å²) in [6, 6.07) is 24.1. The van der Waals surface area contributed by atoms with Crippen LogP contribution in [-0.2, 0) is 11.4 Å². The molecule has 0 heterocycles. The quantitative estimate of drug-likeness (QED) is 0.117. The Balaban J connectivity index is 1.41. The molecule has 0 saturated heterocycles. The molecule has 0 aliphatic heterocycles. The highest BCUT2D eigenvalue weighted by molar-refractivity contribution is 9.11. The van der Waals surface area contributed by atoms with Crippen LogP contribution in [0.3, 0.4) is 0 Å². The molecule has 0 saturated carbocycles. The summed E-state index contributed by atoms with van der Waals surface area (Å²) < 4.78 is 18.9. The van der Waals surface area contributed by atoms with Crippen molar-refractivity contribution in [3.63, 3.8) is 0 Å². The number of halogens is 2. The van der Waals surface area contributed by atoms with Gasteiger partial charge in [0, 0.05) is 21.3 Å². The normalized spacial score (nSPS) is 10.8. The van der Waals surface area contributed by atoms with Crippen molar-refractivity contribution in [2.24, 2.45) is 5.10 Å². The van der Waals surface area contributed by atoms with E-state index in [2.05, 4.69) is 47.7 Å². The number of aryl methyl sites for hydroxylation is 2. The second-order valence-corrected chi connectivity index (χ2v) is 11.3. The summed E-state index contributed by atoms with van der Waals surface area (Å²) in [6.45, 7) is 6.35. The highest BCUT2D eigenvalue weighted by Crippen LogP contribution is 2.32. The SMILES string of the molecule is CCOc1cc(C(=O)N/N=C/c2cc(Br)cc(Br)c2OCC(=O)Nc2ccc(C)cc2C)ccc1OCc1ccccc1. The number of carbonyl (C=O) groups is 2. The molecule has 0 radical (unpaired) electrons. The van der Waals surface area contributed by atoms with E-state index in [9.17, 15) is 9.59 Å². The second-order valence-electron chi connectivity index (χ2n) is 9.53. The molecule has 2 N–H and O–H groups in total. The Labute approximate surface area is 267 Å². The van der Waals surface area contributed by atoms with Gasteiger partial charge >= 0.3 is 0 Å². The van der Waals surface area contributed by atoms with Crippen molar-refractivity contribution >= 4 is 55.6 Å². The molecule has 0 spiro atoms. The largest absolute Gasteiger partial charge is 0.490 e. The molecule has 0 bridgehead atoms. The van der Waals surface area contributed by atoms with Crippen LogP contribution in [0.25, 0.3) is 0 Å². The summed E-state index contributed by atoms with van der Waals surface area (Å²) in [7, 11) is 0. The van der Waals surface area contributed by atoms with Gasteiger partial charge < -0.3 is 19.5 Å². The van der Waals surface area contributed by atoms with E-state index in [1.807, 2.05) is 69.3 Å². The number of hydrazone groups is 1. The van der Waals surface area contributed by atoms with Gasteiger partial charge in [-0.3, -0.25) is 9.59 Å². The fourth-order valence-electron chi connectivity index (χ4n) is 4.10. The predicted octanol–water partition coefficient (Wildman–Crippen LogP) is 7.59. The van der Waals surface area contributed by atoms with Crippen molar-refractivity contribution in [3.05, 3.63) is 116 Å². The summed E-state index contributed by atoms with van der Waals surface area (Å²) in [4.78, 5) is 25.5. The Morgan fingerprint density at radius 1 is 0.884 bits per heavy atom. The summed E-state index contributed by atoms with van der Waals surface area (Å²) in [6.07, 6.45) is 1.45. The van der Waals surface area contributed by atoms with Gasteiger partial charge in [-0.15, -0.1) is 0 Å². The zero-order valence-electron chi connectivity index (χ0n) is 23.9. The number of benzene rings is 4. The second kappa shape index (κ2) is 15.4. The van der Waals surface area contributed by atoms with Gasteiger partial charge in [0.2, 0.25) is 0 Å². The predicted molar refractivity (Wildman–Crippen MR) is 175 cm³/mol. The van der Waals surface area contributed by atoms with Gasteiger partial charge in [0.1, 0.15) is 12.4 Å². The van der Waals surface area contributed by atoms with E-state index in [4.69, 9.17) is 14.2 Å². The van der Waals surface area contributed by atoms with Crippen LogP contribution in [0.4, 0.5) is 5.69 Å². The first-order valence-corrected chi connectivity index (χ1v) is 15.1. The van der Waals surface area contributed by atoms with Crippen molar-refractivity contribution in [2.75, 3.05) is 18.5 Å². The van der Waals surface area contributed by atoms with Crippen molar-refractivity contribution < 1.29 is 23.8 Å². The number of rotatable bonds is 12. The average molecular weight is 709 g/mol. The van der Waals surface area contributed by atoms with E-state index in [1.165, 1.54) is 6.21 Å². The number of nitrogens with one attached hydrogen (secondary N) is 2. The summed E-state index contributed by atoms with van der Waals surface area (Å²) >= 11 is 6.95. The third-order valence-corrected chi connectivity index (χ3v) is 7.20. The Kier molecular flexibility index (Phi) is 11.4. The van der Waals surface area contributed by atoms with Gasteiger partial charge in [-0.05, 0) is 84.2 Å². The highest BCUT2D eigenvalue weighted by atomic mass is 79.9. The third kappa shape index (κ3) is 9.17. The van der Waals surface area contributed by atoms with Gasteiger partial charge in [-0.25, -0.2) is 5.43 Å². The molecule has 0 aliphatic rings. The molecular weight excluding hydrogens is 678 g/mol. The molecule has 8 nitrogen and oxygen atoms in total. The van der Waals surface area contributed by atoms with Crippen LogP contribution < -0.4 is 25.0 Å². The van der Waals surface area contributed by atoms with E-state index in [0.717, 1.165) is 26.9 Å². The highest BCUT2D eigenvalue weighted by Gasteiger charge is 2.14. The topological polar surface area (TPSA) is 98.3 Å². The van der Waals surface area contributed by atoms with E-state index < -0.39 is 5.91 Å². The molecule has 43 heavy (non-hydrogen) atoms. The van der Waals surface area contributed by atoms with Gasteiger partial charge in [0.25, 0.3) is 11.8 Å². The Bertz CT molecular complexity index is 1630. The molecular formula is C33H31Br2N3O5. The summed E-state index contributed by atoms with van der Waals surface area (Å²) in [5, 5.41) is 7.00. The Morgan fingerprint density at radius 2 is 1.67 bits per heavy atom. The van der Waals surface area contributed by atoms with Crippen LogP contribution in [0, 0.1) is 13.8 Å². The molecule has 222 valence electrons. The van der Waals surface area contributed by atoms with E-state index in [-0.39, 0.29) is 12.5 Å². The van der Waals surface area contributed by atoms with Crippen LogP contribution in [0.2, 0.25) is 0 Å². The van der Waals surface area contributed by atoms with Crippen molar-refractivity contribution in [1.29, 1.82) is 0 Å². The molecule has 10 heteroatoms. The summed E-state index contributed by atoms with van der Waals surface area (Å²) in [5.41, 5.74) is 7.25. The van der Waals surface area contributed by atoms with Gasteiger partial charge in [0.05, 0.1) is 17.3 Å². The zero-order valence-corrected chi connectivity index (χ0v) is 27.1. The van der Waals surface area contributed by atoms with E-state index in [0.29, 0.717) is 46.1 Å². The maximum absolute atomic E-state index is 12.9. The molecule has 0 atom stereocenters. The molecule has 4 rings (SSSR count). The maximum Gasteiger partial charge on any atom is 0.271 e. The smallest absolute Gasteiger partial charge is 0.271 e. The number of amides is 2. The summed E-state index contributed by atoms with van der Waals surface area (Å²) in [5.74, 6) is 0.653. The molecule has 0 aliphatic carbocycles. The fraction of sp³-hybridized carbons (Fsp3) is 0.182. The minimum atomic E-state index is -0.434. The first-order chi connectivity index (χ1) is 20.7. The van der Waals surface area contributed by atoms with Crippen molar-refractivity contribution in [1.82, 2.24) is 5.43 Å². The molecule has 4 aromatic rings. The minimum Gasteiger partial charge on any atom is -0.490 e. The molecule has 0 fully saturated rings. The fourth-order valence-corrected chi connectivity index (χ4v) is 5.48. The minimum absolute atomic E-state index is 0.223. The maximum atomic E-state index is 12.9. The van der Waals surface area contributed by atoms with Crippen molar-refractivity contribution in [3.8, 4) is 17.2 Å². The van der Waals surface area contributed by atoms with Crippen LogP contribution in [-0.4, -0.2) is 31.2 Å². The lowest BCUT2D eigenvalue weighted by Crippen LogP contribution is -2.21. The number of hydrogen-bond donors (Lipinski definition) is 2. The lowest BCUT2D eigenvalue weighted by atomic mass is 10.1. The molecule has 0 aromatic heterocycles. The Hall–Kier alpha value is -4.15. The van der Waals surface area contributed by atoms with Crippen LogP contribution in [0.1, 0.15) is 39.5 Å². The van der Waals surface area contributed by atoms with Gasteiger partial charge in [0.15, 0.2) is 18.1 Å². The van der Waals surface area contributed by atoms with Crippen LogP contribution in [0.5, 0.6) is 17.2 Å². The molecule has 4 aromatic carbocycles. The van der Waals surface area contributed by atoms with E-state index >= 15 is 0 Å². The average Bonchev–Trinajstić information content (AvgIpc) is 2.98. The molecule has 0 unspecified atom stereocenters. The van der Waals surface area contributed by atoms with Crippen LogP contribution >= 0.6 is 31.9 Å². The monoisotopic (exact) mass is 707 g/mol. The number of carbonyl (C=O) groups excluding carboxylic acids is 2. The number of anilines is 1. The van der Waals surface area contributed by atoms with Gasteiger partial charge in [-0.1, -0.05) is 64.0 Å². The lowest BCUT2D eigenvalue weighted by molar-refractivity contribution is -0.118. The van der Waals surface area contributed by atoms with Crippen molar-refractivity contribution in [2.45, 2.75) is 27.4 Å².